The summed E-state index contributed by atoms with van der Waals surface area (Å²) in [6.45, 7) is 21.4. The second-order valence-electron chi connectivity index (χ2n) is 14.2. The molecule has 39 heavy (non-hydrogen) atoms. The summed E-state index contributed by atoms with van der Waals surface area (Å²) < 4.78 is 5.47. The van der Waals surface area contributed by atoms with Gasteiger partial charge in [0.15, 0.2) is 0 Å². The van der Waals surface area contributed by atoms with Crippen LogP contribution in [0.3, 0.4) is 0 Å². The minimum atomic E-state index is -1.39. The van der Waals surface area contributed by atoms with Gasteiger partial charge < -0.3 is 0 Å². The van der Waals surface area contributed by atoms with Crippen LogP contribution in [-0.2, 0) is 21.7 Å². The third kappa shape index (κ3) is 16.3. The van der Waals surface area contributed by atoms with Crippen LogP contribution in [0.5, 0.6) is 0 Å². The van der Waals surface area contributed by atoms with E-state index in [4.69, 9.17) is 4.74 Å². The van der Waals surface area contributed by atoms with Gasteiger partial charge >= 0.3 is 0 Å². The van der Waals surface area contributed by atoms with E-state index in [9.17, 15) is 0 Å². The van der Waals surface area contributed by atoms with Crippen molar-refractivity contribution in [2.24, 2.45) is 21.0 Å². The topological polar surface area (TPSA) is 12.4 Å². The van der Waals surface area contributed by atoms with Crippen molar-refractivity contribution in [1.82, 2.24) is 0 Å². The molecular weight excluding hydrogens is 525 g/mol. The van der Waals surface area contributed by atoms with Gasteiger partial charge in [-0.15, -0.1) is 0 Å². The summed E-state index contributed by atoms with van der Waals surface area (Å²) in [4.78, 5) is 0. The largest absolute Gasteiger partial charge is 0.272 e. The first-order chi connectivity index (χ1) is 17.6. The van der Waals surface area contributed by atoms with Crippen LogP contribution >= 0.6 is 7.05 Å². The molecule has 0 radical (unpaired) electrons. The summed E-state index contributed by atoms with van der Waals surface area (Å²) in [6.07, 6.45) is 19.7. The van der Waals surface area contributed by atoms with Crippen molar-refractivity contribution in [2.75, 3.05) is 18.5 Å². The van der Waals surface area contributed by atoms with E-state index >= 15 is 0 Å². The molecule has 3 rings (SSSR count). The molecule has 210 valence electrons. The molecule has 1 aliphatic carbocycles. The number of nitrogens with zero attached hydrogens (tertiary/aromatic N) is 1. The molecule has 1 aliphatic rings. The molecule has 0 aliphatic heterocycles. The van der Waals surface area contributed by atoms with Crippen LogP contribution in [-0.4, -0.2) is 18.5 Å². The molecule has 0 heterocycles. The van der Waals surface area contributed by atoms with E-state index in [1.165, 1.54) is 35.3 Å². The Morgan fingerprint density at radius 1 is 0.641 bits per heavy atom. The molecule has 2 aromatic rings. The maximum atomic E-state index is 5.47. The van der Waals surface area contributed by atoms with Gasteiger partial charge in [0, 0.05) is 33.8 Å². The van der Waals surface area contributed by atoms with Crippen molar-refractivity contribution < 1.29 is 21.7 Å². The van der Waals surface area contributed by atoms with E-state index in [1.807, 2.05) is 36.4 Å². The molecule has 0 saturated carbocycles. The third-order valence-corrected chi connectivity index (χ3v) is 11.0. The van der Waals surface area contributed by atoms with Gasteiger partial charge in [-0.2, -0.15) is 0 Å². The van der Waals surface area contributed by atoms with Gasteiger partial charge in [-0.1, -0.05) is 159 Å². The minimum Gasteiger partial charge on any atom is -0.272 e. The van der Waals surface area contributed by atoms with E-state index in [0.29, 0.717) is 16.2 Å². The summed E-state index contributed by atoms with van der Waals surface area (Å²) in [5.41, 5.74) is 4.76. The molecule has 0 amide bonds. The first kappa shape index (κ1) is 35.4. The standard InChI is InChI=1S/C20H38NP.C16H14.Ti/c1-18(2,3)14-22(15-19(4,5)6,16-20(7,8)9)21-17-12-10-11-13-17;1-3-9-15(10-4-1)13-7-8-14-16-11-5-2-6-12-16;/h10-12H,13-16H2,1-9H3;1-14H;. The molecule has 0 aromatic heterocycles. The Morgan fingerprint density at radius 3 is 1.33 bits per heavy atom. The fourth-order valence-electron chi connectivity index (χ4n) is 5.17. The van der Waals surface area contributed by atoms with E-state index in [2.05, 4.69) is 129 Å². The summed E-state index contributed by atoms with van der Waals surface area (Å²) in [5, 5.41) is 0. The van der Waals surface area contributed by atoms with Crippen LogP contribution in [0.4, 0.5) is 0 Å². The predicted octanol–water partition coefficient (Wildman–Crippen LogP) is 11.6. The fourth-order valence-corrected chi connectivity index (χ4v) is 11.7. The molecule has 0 unspecified atom stereocenters. The molecule has 2 aromatic carbocycles. The molecule has 0 spiro atoms. The van der Waals surface area contributed by atoms with E-state index in [0.717, 1.165) is 6.42 Å². The second kappa shape index (κ2) is 16.0. The van der Waals surface area contributed by atoms with Gasteiger partial charge in [0.25, 0.3) is 0 Å². The van der Waals surface area contributed by atoms with E-state index in [-0.39, 0.29) is 21.7 Å². The number of allylic oxidation sites excluding steroid dienone is 5. The number of hydrogen-bond donors (Lipinski definition) is 0. The van der Waals surface area contributed by atoms with Crippen LogP contribution < -0.4 is 0 Å². The molecule has 3 heteroatoms. The quantitative estimate of drug-likeness (QED) is 0.176. The minimum absolute atomic E-state index is 0. The summed E-state index contributed by atoms with van der Waals surface area (Å²) >= 11 is 0. The van der Waals surface area contributed by atoms with Gasteiger partial charge in [0.1, 0.15) is 0 Å². The maximum absolute atomic E-state index is 5.47. The molecule has 0 bridgehead atoms. The van der Waals surface area contributed by atoms with E-state index in [1.54, 1.807) is 0 Å². The molecule has 0 fully saturated rings. The number of benzene rings is 2. The zero-order valence-electron chi connectivity index (χ0n) is 26.0. The van der Waals surface area contributed by atoms with Gasteiger partial charge in [-0.3, -0.25) is 4.74 Å². The molecular formula is C36H52NPTi. The molecule has 0 saturated heterocycles. The van der Waals surface area contributed by atoms with E-state index < -0.39 is 7.05 Å². The van der Waals surface area contributed by atoms with Crippen LogP contribution in [0.1, 0.15) is 79.9 Å². The van der Waals surface area contributed by atoms with Gasteiger partial charge in [0.2, 0.25) is 0 Å². The van der Waals surface area contributed by atoms with Crippen molar-refractivity contribution in [3.05, 3.63) is 108 Å². The maximum Gasteiger partial charge on any atom is 0.0425 e. The van der Waals surface area contributed by atoms with Gasteiger partial charge in [-0.05, 0) is 59.0 Å². The third-order valence-electron chi connectivity index (χ3n) is 5.69. The van der Waals surface area contributed by atoms with Gasteiger partial charge in [0.05, 0.1) is 0 Å². The monoisotopic (exact) mass is 577 g/mol. The first-order valence-corrected chi connectivity index (χ1v) is 16.3. The van der Waals surface area contributed by atoms with Crippen LogP contribution in [0.15, 0.2) is 101 Å². The Labute approximate surface area is 255 Å². The van der Waals surface area contributed by atoms with Crippen molar-refractivity contribution in [3.8, 4) is 0 Å². The average Bonchev–Trinajstić information content (AvgIpc) is 3.27. The van der Waals surface area contributed by atoms with Crippen LogP contribution in [0.25, 0.3) is 12.2 Å². The fraction of sp³-hybridized carbons (Fsp3) is 0.444. The van der Waals surface area contributed by atoms with Gasteiger partial charge in [-0.25, -0.2) is 0 Å². The molecule has 0 atom stereocenters. The normalized spacial score (nSPS) is 14.1. The summed E-state index contributed by atoms with van der Waals surface area (Å²) in [7, 11) is -1.39. The first-order valence-electron chi connectivity index (χ1n) is 14.0. The molecule has 1 nitrogen and oxygen atoms in total. The Hall–Kier alpha value is -1.66. The van der Waals surface area contributed by atoms with Crippen LogP contribution in [0, 0.1) is 16.2 Å². The second-order valence-corrected chi connectivity index (χ2v) is 17.5. The zero-order chi connectivity index (χ0) is 28.3. The Morgan fingerprint density at radius 2 is 1.03 bits per heavy atom. The van der Waals surface area contributed by atoms with Crippen molar-refractivity contribution in [2.45, 2.75) is 68.7 Å². The summed E-state index contributed by atoms with van der Waals surface area (Å²) in [6, 6.07) is 20.6. The zero-order valence-corrected chi connectivity index (χ0v) is 28.5. The summed E-state index contributed by atoms with van der Waals surface area (Å²) in [5.74, 6) is 0. The van der Waals surface area contributed by atoms with Crippen molar-refractivity contribution >= 4 is 19.2 Å². The number of hydrogen-bond acceptors (Lipinski definition) is 1. The average molecular weight is 578 g/mol. The molecule has 0 N–H and O–H groups in total. The van der Waals surface area contributed by atoms with Crippen LogP contribution in [0.2, 0.25) is 0 Å². The Balaban J connectivity index is 0.000000396. The Bertz CT molecular complexity index is 1050. The predicted molar refractivity (Wildman–Crippen MR) is 175 cm³/mol. The smallest absolute Gasteiger partial charge is 0.0425 e. The van der Waals surface area contributed by atoms with Crippen molar-refractivity contribution in [1.29, 1.82) is 0 Å². The SMILES string of the molecule is C(C=Cc1ccccc1)=Cc1ccccc1.CC(C)(C)CP(CC(C)(C)C)(CC(C)(C)C)=NC1=CC=CC1.[Ti]. The Kier molecular flexibility index (Phi) is 14.5. The van der Waals surface area contributed by atoms with Crippen molar-refractivity contribution in [3.63, 3.8) is 0 Å². The number of rotatable bonds is 7.